The first-order chi connectivity index (χ1) is 13.7. The van der Waals surface area contributed by atoms with Gasteiger partial charge in [0, 0.05) is 18.7 Å². The normalized spacial score (nSPS) is 17.6. The van der Waals surface area contributed by atoms with Crippen LogP contribution in [-0.2, 0) is 24.3 Å². The van der Waals surface area contributed by atoms with Crippen molar-refractivity contribution in [2.45, 2.75) is 37.4 Å². The van der Waals surface area contributed by atoms with Crippen LogP contribution < -0.4 is 20.1 Å². The number of amides is 2. The molecule has 162 valence electrons. The number of hydrogen-bond acceptors (Lipinski definition) is 7. The van der Waals surface area contributed by atoms with Crippen LogP contribution in [0.5, 0.6) is 11.5 Å². The van der Waals surface area contributed by atoms with Gasteiger partial charge in [0.2, 0.25) is 10.0 Å². The van der Waals surface area contributed by atoms with E-state index in [4.69, 9.17) is 14.2 Å². The molecule has 0 spiro atoms. The number of rotatable bonds is 7. The van der Waals surface area contributed by atoms with E-state index >= 15 is 0 Å². The van der Waals surface area contributed by atoms with Crippen molar-refractivity contribution < 1.29 is 32.2 Å². The zero-order valence-corrected chi connectivity index (χ0v) is 17.7. The Hall–Kier alpha value is -2.37. The average Bonchev–Trinajstić information content (AvgIpc) is 2.70. The third-order valence-corrected chi connectivity index (χ3v) is 6.06. The molecule has 1 fully saturated rings. The fraction of sp³-hybridized carbons (Fsp3) is 0.556. The Labute approximate surface area is 170 Å². The summed E-state index contributed by atoms with van der Waals surface area (Å²) in [6.07, 6.45) is -0.428. The van der Waals surface area contributed by atoms with Crippen molar-refractivity contribution in [2.24, 2.45) is 0 Å². The molecule has 0 saturated carbocycles. The fourth-order valence-electron chi connectivity index (χ4n) is 2.80. The van der Waals surface area contributed by atoms with Gasteiger partial charge < -0.3 is 24.8 Å². The number of ether oxygens (including phenoxy) is 3. The largest absolute Gasteiger partial charge is 0.493 e. The molecule has 0 aliphatic carbocycles. The monoisotopic (exact) mass is 429 g/mol. The van der Waals surface area contributed by atoms with Gasteiger partial charge in [-0.1, -0.05) is 0 Å². The molecule has 1 aliphatic heterocycles. The fourth-order valence-corrected chi connectivity index (χ4v) is 4.38. The molecule has 1 saturated heterocycles. The van der Waals surface area contributed by atoms with E-state index in [1.54, 1.807) is 13.8 Å². The van der Waals surface area contributed by atoms with Crippen molar-refractivity contribution in [1.82, 2.24) is 14.9 Å². The van der Waals surface area contributed by atoms with Crippen molar-refractivity contribution in [3.63, 3.8) is 0 Å². The maximum atomic E-state index is 13.1. The van der Waals surface area contributed by atoms with Gasteiger partial charge in [0.15, 0.2) is 11.5 Å². The van der Waals surface area contributed by atoms with Crippen LogP contribution in [-0.4, -0.2) is 70.7 Å². The van der Waals surface area contributed by atoms with Crippen LogP contribution in [0.1, 0.15) is 20.3 Å². The van der Waals surface area contributed by atoms with Gasteiger partial charge in [-0.15, -0.1) is 0 Å². The summed E-state index contributed by atoms with van der Waals surface area (Å²) in [5.41, 5.74) is 0. The Bertz CT molecular complexity index is 842. The van der Waals surface area contributed by atoms with Crippen molar-refractivity contribution in [2.75, 3.05) is 33.9 Å². The summed E-state index contributed by atoms with van der Waals surface area (Å²) >= 11 is 0. The predicted molar refractivity (Wildman–Crippen MR) is 104 cm³/mol. The van der Waals surface area contributed by atoms with E-state index in [9.17, 15) is 18.0 Å². The van der Waals surface area contributed by atoms with Gasteiger partial charge in [-0.2, -0.15) is 4.31 Å². The first-order valence-corrected chi connectivity index (χ1v) is 10.6. The Morgan fingerprint density at radius 3 is 2.52 bits per heavy atom. The number of carbonyl (C=O) groups is 2. The quantitative estimate of drug-likeness (QED) is 0.589. The second-order valence-corrected chi connectivity index (χ2v) is 8.54. The highest BCUT2D eigenvalue weighted by molar-refractivity contribution is 7.89. The molecule has 1 aromatic rings. The summed E-state index contributed by atoms with van der Waals surface area (Å²) in [6.45, 7) is 3.86. The maximum Gasteiger partial charge on any atom is 0.309 e. The number of carbonyl (C=O) groups excluding carboxylic acids is 2. The lowest BCUT2D eigenvalue weighted by atomic mass is 10.3. The van der Waals surface area contributed by atoms with Gasteiger partial charge in [-0.3, -0.25) is 9.59 Å². The Balaban J connectivity index is 2.17. The van der Waals surface area contributed by atoms with Crippen LogP contribution in [0.3, 0.4) is 0 Å². The number of nitrogens with zero attached hydrogens (tertiary/aromatic N) is 1. The lowest BCUT2D eigenvalue weighted by Crippen LogP contribution is -2.53. The predicted octanol–water partition coefficient (Wildman–Crippen LogP) is 0.0817. The van der Waals surface area contributed by atoms with E-state index in [0.717, 1.165) is 0 Å². The minimum atomic E-state index is -3.93. The van der Waals surface area contributed by atoms with Crippen LogP contribution in [0.25, 0.3) is 0 Å². The minimum Gasteiger partial charge on any atom is -0.493 e. The van der Waals surface area contributed by atoms with Crippen LogP contribution >= 0.6 is 0 Å². The van der Waals surface area contributed by atoms with E-state index in [1.807, 2.05) is 0 Å². The SMILES string of the molecule is COc1ccc(S(=O)(=O)N2CCCO[C@@H]2CNC(=O)C(=O)NC(C)C)cc1OC. The minimum absolute atomic E-state index is 0.00882. The number of methoxy groups -OCH3 is 2. The van der Waals surface area contributed by atoms with Gasteiger partial charge >= 0.3 is 11.8 Å². The topological polar surface area (TPSA) is 123 Å². The van der Waals surface area contributed by atoms with Gasteiger partial charge in [-0.25, -0.2) is 8.42 Å². The number of benzene rings is 1. The molecule has 10 nitrogen and oxygen atoms in total. The summed E-state index contributed by atoms with van der Waals surface area (Å²) in [6, 6.07) is 4.09. The highest BCUT2D eigenvalue weighted by Crippen LogP contribution is 2.31. The summed E-state index contributed by atoms with van der Waals surface area (Å²) in [4.78, 5) is 23.7. The van der Waals surface area contributed by atoms with Gasteiger partial charge in [-0.05, 0) is 32.4 Å². The molecule has 1 aliphatic rings. The highest BCUT2D eigenvalue weighted by Gasteiger charge is 2.35. The zero-order valence-electron chi connectivity index (χ0n) is 16.9. The van der Waals surface area contributed by atoms with E-state index in [-0.39, 0.29) is 29.8 Å². The molecule has 2 amide bonds. The molecule has 1 aromatic carbocycles. The summed E-state index contributed by atoms with van der Waals surface area (Å²) < 4.78 is 43.3. The van der Waals surface area contributed by atoms with Crippen molar-refractivity contribution >= 4 is 21.8 Å². The Morgan fingerprint density at radius 2 is 1.90 bits per heavy atom. The molecule has 0 radical (unpaired) electrons. The lowest BCUT2D eigenvalue weighted by Gasteiger charge is -2.34. The molecule has 29 heavy (non-hydrogen) atoms. The second-order valence-electron chi connectivity index (χ2n) is 6.65. The molecule has 1 atom stereocenters. The van der Waals surface area contributed by atoms with Crippen molar-refractivity contribution in [1.29, 1.82) is 0 Å². The number of hydrogen-bond donors (Lipinski definition) is 2. The first-order valence-electron chi connectivity index (χ1n) is 9.15. The molecule has 2 N–H and O–H groups in total. The number of sulfonamides is 1. The third kappa shape index (κ3) is 5.58. The van der Waals surface area contributed by atoms with Gasteiger partial charge in [0.05, 0.1) is 32.3 Å². The molecule has 0 bridgehead atoms. The standard InChI is InChI=1S/C18H27N3O7S/c1-12(2)20-18(23)17(22)19-11-16-21(8-5-9-28-16)29(24,25)13-6-7-14(26-3)15(10-13)27-4/h6-7,10,12,16H,5,8-9,11H2,1-4H3,(H,19,22)(H,20,23)/t16-/m1/s1. The Morgan fingerprint density at radius 1 is 1.21 bits per heavy atom. The maximum absolute atomic E-state index is 13.1. The van der Waals surface area contributed by atoms with E-state index in [1.165, 1.54) is 36.7 Å². The molecular weight excluding hydrogens is 402 g/mol. The van der Waals surface area contributed by atoms with E-state index in [2.05, 4.69) is 10.6 Å². The summed E-state index contributed by atoms with van der Waals surface area (Å²) in [5.74, 6) is -0.954. The van der Waals surface area contributed by atoms with Crippen LogP contribution in [0.4, 0.5) is 0 Å². The van der Waals surface area contributed by atoms with Crippen LogP contribution in [0.15, 0.2) is 23.1 Å². The second kappa shape index (κ2) is 9.90. The number of nitrogens with one attached hydrogen (secondary N) is 2. The van der Waals surface area contributed by atoms with E-state index < -0.39 is 28.1 Å². The first kappa shape index (κ1) is 22.9. The molecule has 2 rings (SSSR count). The molecule has 11 heteroatoms. The Kier molecular flexibility index (Phi) is 7.82. The summed E-state index contributed by atoms with van der Waals surface area (Å²) in [7, 11) is -1.06. The van der Waals surface area contributed by atoms with Crippen molar-refractivity contribution in [3.05, 3.63) is 18.2 Å². The summed E-state index contributed by atoms with van der Waals surface area (Å²) in [5, 5.41) is 4.90. The van der Waals surface area contributed by atoms with Crippen LogP contribution in [0, 0.1) is 0 Å². The smallest absolute Gasteiger partial charge is 0.309 e. The van der Waals surface area contributed by atoms with Gasteiger partial charge in [0.25, 0.3) is 0 Å². The molecular formula is C18H27N3O7S. The molecule has 0 unspecified atom stereocenters. The average molecular weight is 429 g/mol. The van der Waals surface area contributed by atoms with Crippen LogP contribution in [0.2, 0.25) is 0 Å². The highest BCUT2D eigenvalue weighted by atomic mass is 32.2. The third-order valence-electron chi connectivity index (χ3n) is 4.18. The molecule has 1 heterocycles. The van der Waals surface area contributed by atoms with Gasteiger partial charge in [0.1, 0.15) is 6.23 Å². The molecule has 0 aromatic heterocycles. The zero-order chi connectivity index (χ0) is 21.6. The lowest BCUT2D eigenvalue weighted by molar-refractivity contribution is -0.140. The van der Waals surface area contributed by atoms with E-state index in [0.29, 0.717) is 18.8 Å². The van der Waals surface area contributed by atoms with Crippen molar-refractivity contribution in [3.8, 4) is 11.5 Å².